The number of nitrogens with zero attached hydrogens (tertiary/aromatic N) is 1. The van der Waals surface area contributed by atoms with Gasteiger partial charge in [-0.25, -0.2) is 0 Å². The molecule has 1 unspecified atom stereocenters. The largest absolute Gasteiger partial charge is 0.507 e. The fraction of sp³-hybridized carbons (Fsp3) is 0.391. The Bertz CT molecular complexity index is 1020. The number of likely N-dealkylation sites (tertiary alicyclic amines) is 1. The molecule has 1 N–H and O–H groups in total. The van der Waals surface area contributed by atoms with E-state index in [1.54, 1.807) is 37.3 Å². The normalized spacial score (nSPS) is 20.1. The van der Waals surface area contributed by atoms with Crippen molar-refractivity contribution < 1.29 is 28.6 Å². The molecule has 0 aliphatic carbocycles. The summed E-state index contributed by atoms with van der Waals surface area (Å²) < 4.78 is 16.9. The zero-order valence-corrected chi connectivity index (χ0v) is 17.3. The molecule has 1 amide bonds. The van der Waals surface area contributed by atoms with Crippen molar-refractivity contribution in [3.8, 4) is 5.75 Å². The molecule has 7 nitrogen and oxygen atoms in total. The molecule has 0 bridgehead atoms. The van der Waals surface area contributed by atoms with E-state index < -0.39 is 17.7 Å². The third-order valence-electron chi connectivity index (χ3n) is 5.32. The van der Waals surface area contributed by atoms with E-state index in [-0.39, 0.29) is 30.6 Å². The minimum atomic E-state index is -0.807. The molecule has 2 aromatic rings. The number of aryl methyl sites for hydroxylation is 1. The Kier molecular flexibility index (Phi) is 5.39. The summed E-state index contributed by atoms with van der Waals surface area (Å²) in [4.78, 5) is 27.2. The highest BCUT2D eigenvalue weighted by atomic mass is 16.5. The van der Waals surface area contributed by atoms with Crippen LogP contribution in [0.4, 0.5) is 0 Å². The van der Waals surface area contributed by atoms with Crippen molar-refractivity contribution in [2.45, 2.75) is 39.3 Å². The first-order chi connectivity index (χ1) is 14.4. The number of furan rings is 1. The Hall–Kier alpha value is -3.06. The minimum Gasteiger partial charge on any atom is -0.507 e. The molecule has 3 heterocycles. The lowest BCUT2D eigenvalue weighted by Crippen LogP contribution is -2.33. The first-order valence-corrected chi connectivity index (χ1v) is 10.1. The number of aliphatic hydroxyl groups excluding tert-OH is 1. The molecule has 158 valence electrons. The van der Waals surface area contributed by atoms with Gasteiger partial charge in [-0.1, -0.05) is 0 Å². The van der Waals surface area contributed by atoms with Crippen LogP contribution in [0.2, 0.25) is 0 Å². The van der Waals surface area contributed by atoms with Gasteiger partial charge in [-0.3, -0.25) is 9.59 Å². The lowest BCUT2D eigenvalue weighted by molar-refractivity contribution is -0.140. The number of aliphatic hydroxyl groups is 1. The summed E-state index contributed by atoms with van der Waals surface area (Å²) in [5.74, 6) is 0.247. The molecule has 2 aliphatic heterocycles. The van der Waals surface area contributed by atoms with Crippen LogP contribution in [-0.4, -0.2) is 47.6 Å². The van der Waals surface area contributed by atoms with E-state index in [9.17, 15) is 14.7 Å². The first-order valence-electron chi connectivity index (χ1n) is 10.1. The van der Waals surface area contributed by atoms with Crippen molar-refractivity contribution in [1.82, 2.24) is 4.90 Å². The van der Waals surface area contributed by atoms with Crippen LogP contribution in [0.25, 0.3) is 5.76 Å². The number of hydrogen-bond acceptors (Lipinski definition) is 6. The Morgan fingerprint density at radius 1 is 1.27 bits per heavy atom. The van der Waals surface area contributed by atoms with Gasteiger partial charge in [-0.15, -0.1) is 0 Å². The van der Waals surface area contributed by atoms with Gasteiger partial charge >= 0.3 is 0 Å². The van der Waals surface area contributed by atoms with Crippen molar-refractivity contribution in [2.75, 3.05) is 19.8 Å². The maximum absolute atomic E-state index is 12.9. The fourth-order valence-electron chi connectivity index (χ4n) is 3.88. The van der Waals surface area contributed by atoms with Crippen molar-refractivity contribution in [2.24, 2.45) is 0 Å². The van der Waals surface area contributed by atoms with Crippen LogP contribution in [-0.2, 0) is 20.7 Å². The predicted octanol–water partition coefficient (Wildman–Crippen LogP) is 3.37. The lowest BCUT2D eigenvalue weighted by Gasteiger charge is -2.23. The standard InChI is InChI=1S/C23H25NO6/c1-13(2)28-11-9-24-20(18-6-4-14(3)30-18)19(22(26)23(24)27)21(25)16-5-7-17-15(12-16)8-10-29-17/h4-7,12-13,20,25H,8-11H2,1-3H3/b21-19-. The molecule has 1 aromatic carbocycles. The second-order valence-corrected chi connectivity index (χ2v) is 7.78. The highest BCUT2D eigenvalue weighted by Crippen LogP contribution is 2.40. The lowest BCUT2D eigenvalue weighted by atomic mass is 9.98. The first kappa shape index (κ1) is 20.2. The maximum atomic E-state index is 12.9. The van der Waals surface area contributed by atoms with E-state index in [2.05, 4.69) is 0 Å². The van der Waals surface area contributed by atoms with E-state index in [0.29, 0.717) is 23.7 Å². The quantitative estimate of drug-likeness (QED) is 0.445. The number of ketones is 1. The number of Topliss-reactive ketones (excluding diaryl/α,β-unsaturated/α-hetero) is 1. The third kappa shape index (κ3) is 3.61. The molecule has 0 spiro atoms. The van der Waals surface area contributed by atoms with Crippen molar-refractivity contribution in [3.05, 3.63) is 58.6 Å². The molecular formula is C23H25NO6. The molecule has 1 saturated heterocycles. The summed E-state index contributed by atoms with van der Waals surface area (Å²) in [6.45, 7) is 6.67. The fourth-order valence-corrected chi connectivity index (χ4v) is 3.88. The number of amides is 1. The predicted molar refractivity (Wildman–Crippen MR) is 109 cm³/mol. The summed E-state index contributed by atoms with van der Waals surface area (Å²) in [5, 5.41) is 11.1. The molecule has 4 rings (SSSR count). The minimum absolute atomic E-state index is 0.000220. The summed E-state index contributed by atoms with van der Waals surface area (Å²) in [6, 6.07) is 7.96. The Morgan fingerprint density at radius 3 is 2.77 bits per heavy atom. The summed E-state index contributed by atoms with van der Waals surface area (Å²) >= 11 is 0. The molecule has 1 atom stereocenters. The Balaban J connectivity index is 1.76. The molecule has 1 aromatic heterocycles. The highest BCUT2D eigenvalue weighted by Gasteiger charge is 2.47. The molecule has 30 heavy (non-hydrogen) atoms. The van der Waals surface area contributed by atoms with E-state index in [1.807, 2.05) is 13.8 Å². The van der Waals surface area contributed by atoms with Crippen molar-refractivity contribution >= 4 is 17.4 Å². The van der Waals surface area contributed by atoms with Crippen LogP contribution in [0.1, 0.15) is 42.5 Å². The SMILES string of the molecule is Cc1ccc(C2/C(=C(/O)c3ccc4c(c3)CCO4)C(=O)C(=O)N2CCOC(C)C)o1. The van der Waals surface area contributed by atoms with Crippen LogP contribution in [0.3, 0.4) is 0 Å². The number of ether oxygens (including phenoxy) is 2. The van der Waals surface area contributed by atoms with Crippen molar-refractivity contribution in [1.29, 1.82) is 0 Å². The summed E-state index contributed by atoms with van der Waals surface area (Å²) in [5.41, 5.74) is 1.46. The summed E-state index contributed by atoms with van der Waals surface area (Å²) in [6.07, 6.45) is 0.734. The van der Waals surface area contributed by atoms with E-state index in [4.69, 9.17) is 13.9 Å². The van der Waals surface area contributed by atoms with Gasteiger partial charge in [0.25, 0.3) is 11.7 Å². The summed E-state index contributed by atoms with van der Waals surface area (Å²) in [7, 11) is 0. The number of fused-ring (bicyclic) bond motifs is 1. The van der Waals surface area contributed by atoms with Crippen LogP contribution < -0.4 is 4.74 Å². The van der Waals surface area contributed by atoms with Crippen LogP contribution in [0.5, 0.6) is 5.75 Å². The van der Waals surface area contributed by atoms with E-state index >= 15 is 0 Å². The smallest absolute Gasteiger partial charge is 0.295 e. The van der Waals surface area contributed by atoms with Crippen molar-refractivity contribution in [3.63, 3.8) is 0 Å². The second kappa shape index (κ2) is 7.99. The maximum Gasteiger partial charge on any atom is 0.295 e. The van der Waals surface area contributed by atoms with Gasteiger partial charge in [0.1, 0.15) is 29.1 Å². The highest BCUT2D eigenvalue weighted by molar-refractivity contribution is 6.46. The van der Waals surface area contributed by atoms with Gasteiger partial charge in [0, 0.05) is 18.5 Å². The average Bonchev–Trinajstić information content (AvgIpc) is 3.41. The molecule has 0 radical (unpaired) electrons. The number of carbonyl (C=O) groups is 2. The van der Waals surface area contributed by atoms with Crippen LogP contribution >= 0.6 is 0 Å². The number of benzene rings is 1. The molecular weight excluding hydrogens is 386 g/mol. The van der Waals surface area contributed by atoms with Gasteiger partial charge < -0.3 is 23.9 Å². The van der Waals surface area contributed by atoms with Gasteiger partial charge in [-0.2, -0.15) is 0 Å². The van der Waals surface area contributed by atoms with Gasteiger partial charge in [-0.05, 0) is 56.7 Å². The molecule has 7 heteroatoms. The zero-order chi connectivity index (χ0) is 21.4. The average molecular weight is 411 g/mol. The van der Waals surface area contributed by atoms with Gasteiger partial charge in [0.05, 0.1) is 24.9 Å². The second-order valence-electron chi connectivity index (χ2n) is 7.78. The van der Waals surface area contributed by atoms with E-state index in [1.165, 1.54) is 4.90 Å². The number of hydrogen-bond donors (Lipinski definition) is 1. The molecule has 0 saturated carbocycles. The van der Waals surface area contributed by atoms with Crippen LogP contribution in [0.15, 0.2) is 40.3 Å². The van der Waals surface area contributed by atoms with E-state index in [0.717, 1.165) is 17.7 Å². The Labute approximate surface area is 174 Å². The van der Waals surface area contributed by atoms with Gasteiger partial charge in [0.15, 0.2) is 0 Å². The third-order valence-corrected chi connectivity index (χ3v) is 5.32. The van der Waals surface area contributed by atoms with Crippen LogP contribution in [0, 0.1) is 6.92 Å². The number of carbonyl (C=O) groups excluding carboxylic acids is 2. The van der Waals surface area contributed by atoms with Gasteiger partial charge in [0.2, 0.25) is 0 Å². The molecule has 2 aliphatic rings. The molecule has 1 fully saturated rings. The monoisotopic (exact) mass is 411 g/mol. The zero-order valence-electron chi connectivity index (χ0n) is 17.3. The number of rotatable bonds is 6. The topological polar surface area (TPSA) is 89.2 Å². The Morgan fingerprint density at radius 2 is 2.07 bits per heavy atom.